The van der Waals surface area contributed by atoms with Gasteiger partial charge in [0.1, 0.15) is 28.5 Å². The Kier molecular flexibility index (Phi) is 4.29. The molecular formula is C27H21N3P+. The van der Waals surface area contributed by atoms with Crippen molar-refractivity contribution < 1.29 is 0 Å². The molecule has 2 aromatic heterocycles. The van der Waals surface area contributed by atoms with Gasteiger partial charge in [0, 0.05) is 40.6 Å². The minimum absolute atomic E-state index is 0.702. The van der Waals surface area contributed by atoms with Crippen molar-refractivity contribution in [3.05, 3.63) is 115 Å². The maximum atomic E-state index is 4.71. The molecule has 1 aliphatic heterocycles. The Labute approximate surface area is 181 Å². The van der Waals surface area contributed by atoms with E-state index < -0.39 is 7.26 Å². The van der Waals surface area contributed by atoms with E-state index in [0.717, 1.165) is 5.52 Å². The molecule has 0 aliphatic carbocycles. The van der Waals surface area contributed by atoms with Crippen molar-refractivity contribution in [1.82, 2.24) is 9.97 Å². The summed E-state index contributed by atoms with van der Waals surface area (Å²) in [4.78, 5) is 12.7. The number of nitrogens with one attached hydrogen (secondary N) is 1. The average Bonchev–Trinajstić information content (AvgIpc) is 3.51. The fraction of sp³-hybridized carbons (Fsp3) is 0.0370. The summed E-state index contributed by atoms with van der Waals surface area (Å²) in [6.45, 7) is 0.702. The van der Waals surface area contributed by atoms with E-state index in [1.54, 1.807) is 0 Å². The Balaban J connectivity index is 1.84. The Morgan fingerprint density at radius 1 is 0.710 bits per heavy atom. The maximum Gasteiger partial charge on any atom is 0.147 e. The van der Waals surface area contributed by atoms with Crippen LogP contribution in [0.5, 0.6) is 0 Å². The number of fused-ring (bicyclic) bond motifs is 2. The SMILES string of the molecule is C1=NCc2cncc([P+](c3ccccc3)(c3ccccc3)c3cccc4[nH]ccc34)c21. The minimum atomic E-state index is -2.23. The van der Waals surface area contributed by atoms with E-state index in [2.05, 4.69) is 101 Å². The van der Waals surface area contributed by atoms with Gasteiger partial charge in [0.2, 0.25) is 0 Å². The van der Waals surface area contributed by atoms with E-state index in [1.165, 1.54) is 37.7 Å². The first kappa shape index (κ1) is 18.2. The predicted octanol–water partition coefficient (Wildman–Crippen LogP) is 4.11. The molecule has 0 unspecified atom stereocenters. The molecule has 0 bridgehead atoms. The van der Waals surface area contributed by atoms with Crippen LogP contribution in [0.3, 0.4) is 0 Å². The van der Waals surface area contributed by atoms with Crippen LogP contribution in [0.25, 0.3) is 10.9 Å². The monoisotopic (exact) mass is 418 g/mol. The summed E-state index contributed by atoms with van der Waals surface area (Å²) in [7, 11) is -2.23. The van der Waals surface area contributed by atoms with Gasteiger partial charge in [0.25, 0.3) is 0 Å². The van der Waals surface area contributed by atoms with Crippen LogP contribution in [0.15, 0.2) is 109 Å². The van der Waals surface area contributed by atoms with Crippen LogP contribution in [-0.2, 0) is 6.54 Å². The minimum Gasteiger partial charge on any atom is -0.361 e. The van der Waals surface area contributed by atoms with Crippen LogP contribution >= 0.6 is 7.26 Å². The van der Waals surface area contributed by atoms with Crippen molar-refractivity contribution in [3.8, 4) is 0 Å². The molecule has 0 saturated carbocycles. The lowest BCUT2D eigenvalue weighted by molar-refractivity contribution is 1.09. The highest BCUT2D eigenvalue weighted by atomic mass is 31.2. The number of H-pyrrole nitrogens is 1. The van der Waals surface area contributed by atoms with Crippen molar-refractivity contribution in [2.24, 2.45) is 4.99 Å². The van der Waals surface area contributed by atoms with Crippen molar-refractivity contribution >= 4 is 45.6 Å². The number of pyridine rings is 1. The molecule has 31 heavy (non-hydrogen) atoms. The van der Waals surface area contributed by atoms with Gasteiger partial charge in [0.05, 0.1) is 12.7 Å². The third-order valence-electron chi connectivity index (χ3n) is 6.11. The molecule has 4 heteroatoms. The highest BCUT2D eigenvalue weighted by molar-refractivity contribution is 8.02. The van der Waals surface area contributed by atoms with E-state index in [0.29, 0.717) is 6.54 Å². The summed E-state index contributed by atoms with van der Waals surface area (Å²) in [6.07, 6.45) is 8.13. The third-order valence-corrected chi connectivity index (χ3v) is 10.4. The predicted molar refractivity (Wildman–Crippen MR) is 132 cm³/mol. The molecule has 5 aromatic rings. The summed E-state index contributed by atoms with van der Waals surface area (Å²) >= 11 is 0. The van der Waals surface area contributed by atoms with E-state index in [-0.39, 0.29) is 0 Å². The Morgan fingerprint density at radius 3 is 2.19 bits per heavy atom. The zero-order valence-corrected chi connectivity index (χ0v) is 17.8. The third kappa shape index (κ3) is 2.71. The summed E-state index contributed by atoms with van der Waals surface area (Å²) < 4.78 is 0. The number of nitrogens with zero attached hydrogens (tertiary/aromatic N) is 2. The molecule has 0 saturated heterocycles. The van der Waals surface area contributed by atoms with Gasteiger partial charge in [-0.05, 0) is 42.5 Å². The van der Waals surface area contributed by atoms with Gasteiger partial charge < -0.3 is 4.98 Å². The van der Waals surface area contributed by atoms with Gasteiger partial charge in [-0.2, -0.15) is 0 Å². The zero-order chi connectivity index (χ0) is 20.7. The van der Waals surface area contributed by atoms with E-state index in [9.17, 15) is 0 Å². The highest BCUT2D eigenvalue weighted by Gasteiger charge is 2.51. The van der Waals surface area contributed by atoms with Gasteiger partial charge >= 0.3 is 0 Å². The molecule has 0 radical (unpaired) electrons. The van der Waals surface area contributed by atoms with Crippen LogP contribution in [0.2, 0.25) is 0 Å². The van der Waals surface area contributed by atoms with E-state index >= 15 is 0 Å². The molecule has 0 spiro atoms. The van der Waals surface area contributed by atoms with Gasteiger partial charge in [-0.1, -0.05) is 42.5 Å². The molecule has 0 atom stereocenters. The normalized spacial score (nSPS) is 12.9. The lowest BCUT2D eigenvalue weighted by Crippen LogP contribution is -2.40. The number of rotatable bonds is 4. The van der Waals surface area contributed by atoms with Gasteiger partial charge in [0.15, 0.2) is 0 Å². The van der Waals surface area contributed by atoms with E-state index in [4.69, 9.17) is 4.98 Å². The second kappa shape index (κ2) is 7.30. The lowest BCUT2D eigenvalue weighted by atomic mass is 10.2. The molecular weight excluding hydrogens is 397 g/mol. The maximum absolute atomic E-state index is 4.71. The topological polar surface area (TPSA) is 41.0 Å². The smallest absolute Gasteiger partial charge is 0.147 e. The lowest BCUT2D eigenvalue weighted by Gasteiger charge is -2.29. The molecule has 0 fully saturated rings. The van der Waals surface area contributed by atoms with Gasteiger partial charge in [-0.3, -0.25) is 9.98 Å². The molecule has 1 N–H and O–H groups in total. The first-order valence-corrected chi connectivity index (χ1v) is 12.2. The summed E-state index contributed by atoms with van der Waals surface area (Å²) in [6, 6.07) is 30.7. The van der Waals surface area contributed by atoms with Crippen LogP contribution in [0, 0.1) is 0 Å². The van der Waals surface area contributed by atoms with Crippen molar-refractivity contribution in [2.75, 3.05) is 0 Å². The van der Waals surface area contributed by atoms with Crippen LogP contribution < -0.4 is 21.2 Å². The number of aromatic amines is 1. The molecule has 3 nitrogen and oxygen atoms in total. The highest BCUT2D eigenvalue weighted by Crippen LogP contribution is 2.56. The number of benzene rings is 3. The van der Waals surface area contributed by atoms with Gasteiger partial charge in [-0.15, -0.1) is 0 Å². The Bertz CT molecular complexity index is 1370. The largest absolute Gasteiger partial charge is 0.361 e. The van der Waals surface area contributed by atoms with Crippen LogP contribution in [-0.4, -0.2) is 16.2 Å². The average molecular weight is 418 g/mol. The zero-order valence-electron chi connectivity index (χ0n) is 16.9. The van der Waals surface area contributed by atoms with Gasteiger partial charge in [-0.25, -0.2) is 0 Å². The fourth-order valence-electron chi connectivity index (χ4n) is 4.78. The van der Waals surface area contributed by atoms with Crippen molar-refractivity contribution in [2.45, 2.75) is 6.54 Å². The first-order valence-electron chi connectivity index (χ1n) is 10.4. The molecule has 3 heterocycles. The van der Waals surface area contributed by atoms with Crippen LogP contribution in [0.4, 0.5) is 0 Å². The number of hydrogen-bond donors (Lipinski definition) is 1. The summed E-state index contributed by atoms with van der Waals surface area (Å²) in [5.74, 6) is 0. The fourth-order valence-corrected chi connectivity index (χ4v) is 9.36. The Hall–Kier alpha value is -3.55. The standard InChI is InChI=1S/C27H21N3P/c1-3-8-21(9-4-1)31(22-10-5-2-6-11-22,26-13-7-12-25-23(26)14-15-30-25)27-19-29-17-20-16-28-18-24(20)27/h1-15,17-19,30H,16H2/q+1. The summed E-state index contributed by atoms with van der Waals surface area (Å²) in [5.41, 5.74) is 3.58. The molecule has 1 aliphatic rings. The van der Waals surface area contributed by atoms with Crippen molar-refractivity contribution in [3.63, 3.8) is 0 Å². The van der Waals surface area contributed by atoms with Crippen molar-refractivity contribution in [1.29, 1.82) is 0 Å². The Morgan fingerprint density at radius 2 is 1.45 bits per heavy atom. The molecule has 6 rings (SSSR count). The molecule has 0 amide bonds. The molecule has 3 aromatic carbocycles. The summed E-state index contributed by atoms with van der Waals surface area (Å²) in [5, 5.41) is 6.53. The number of hydrogen-bond acceptors (Lipinski definition) is 2. The second-order valence-corrected chi connectivity index (χ2v) is 11.1. The first-order chi connectivity index (χ1) is 15.4. The van der Waals surface area contributed by atoms with Crippen LogP contribution in [0.1, 0.15) is 11.1 Å². The second-order valence-electron chi connectivity index (χ2n) is 7.76. The number of aliphatic imine (C=N–C) groups is 1. The molecule has 148 valence electrons. The number of aromatic nitrogens is 2. The quantitative estimate of drug-likeness (QED) is 0.439. The van der Waals surface area contributed by atoms with E-state index in [1.807, 2.05) is 18.6 Å².